The molecule has 0 spiro atoms. The first-order valence-corrected chi connectivity index (χ1v) is 15.9. The number of rotatable bonds is 5. The number of nitrogens with one attached hydrogen (secondary N) is 2. The SMILES string of the molecule is CC(C)C[C@@H]1OC(=O)CCNC(=O)[C@H](C(C)C)N(C)C(=O)[C@H](C)N(C)C(=O)[C@H](Cc2ccccc2)NC(=O)[C@@H]2CCCN2C1=O. The van der Waals surface area contributed by atoms with Crippen LogP contribution in [-0.4, -0.2) is 108 Å². The summed E-state index contributed by atoms with van der Waals surface area (Å²) in [7, 11) is 3.01. The van der Waals surface area contributed by atoms with E-state index in [-0.39, 0.29) is 37.6 Å². The van der Waals surface area contributed by atoms with E-state index in [9.17, 15) is 28.8 Å². The summed E-state index contributed by atoms with van der Waals surface area (Å²) in [4.78, 5) is 85.3. The molecule has 3 rings (SSSR count). The average molecular weight is 628 g/mol. The zero-order valence-electron chi connectivity index (χ0n) is 27.6. The smallest absolute Gasteiger partial charge is 0.308 e. The summed E-state index contributed by atoms with van der Waals surface area (Å²) in [6, 6.07) is 5.51. The number of hydrogen-bond acceptors (Lipinski definition) is 7. The molecular weight excluding hydrogens is 578 g/mol. The Hall–Kier alpha value is -3.96. The summed E-state index contributed by atoms with van der Waals surface area (Å²) in [5, 5.41) is 5.60. The Balaban J connectivity index is 2.02. The molecule has 248 valence electrons. The third kappa shape index (κ3) is 9.04. The number of carbonyl (C=O) groups excluding carboxylic acids is 6. The zero-order valence-corrected chi connectivity index (χ0v) is 27.6. The van der Waals surface area contributed by atoms with E-state index in [0.29, 0.717) is 19.4 Å². The molecule has 0 bridgehead atoms. The summed E-state index contributed by atoms with van der Waals surface area (Å²) in [5.41, 5.74) is 0.804. The molecule has 2 aliphatic heterocycles. The van der Waals surface area contributed by atoms with Gasteiger partial charge in [0.2, 0.25) is 23.6 Å². The van der Waals surface area contributed by atoms with Gasteiger partial charge in [0.25, 0.3) is 5.91 Å². The fourth-order valence-electron chi connectivity index (χ4n) is 6.00. The molecule has 12 nitrogen and oxygen atoms in total. The number of fused-ring (bicyclic) bond motifs is 1. The van der Waals surface area contributed by atoms with Crippen LogP contribution in [-0.2, 0) is 39.9 Å². The monoisotopic (exact) mass is 627 g/mol. The lowest BCUT2D eigenvalue weighted by Crippen LogP contribution is -2.59. The molecule has 0 unspecified atom stereocenters. The Morgan fingerprint density at radius 1 is 0.889 bits per heavy atom. The van der Waals surface area contributed by atoms with Crippen LogP contribution in [0.25, 0.3) is 0 Å². The Morgan fingerprint density at radius 2 is 1.56 bits per heavy atom. The number of ether oxygens (including phenoxy) is 1. The maximum Gasteiger partial charge on any atom is 0.308 e. The molecule has 0 aromatic heterocycles. The van der Waals surface area contributed by atoms with Crippen molar-refractivity contribution in [1.82, 2.24) is 25.3 Å². The third-order valence-electron chi connectivity index (χ3n) is 8.55. The molecule has 45 heavy (non-hydrogen) atoms. The van der Waals surface area contributed by atoms with Crippen LogP contribution in [0.3, 0.4) is 0 Å². The van der Waals surface area contributed by atoms with Crippen LogP contribution in [0.15, 0.2) is 30.3 Å². The number of benzene rings is 1. The number of esters is 1. The zero-order chi connectivity index (χ0) is 33.4. The normalized spacial score (nSPS) is 26.7. The maximum atomic E-state index is 14.0. The molecule has 0 radical (unpaired) electrons. The highest BCUT2D eigenvalue weighted by Crippen LogP contribution is 2.23. The number of nitrogens with zero attached hydrogens (tertiary/aromatic N) is 3. The van der Waals surface area contributed by atoms with E-state index in [0.717, 1.165) is 5.56 Å². The molecule has 5 atom stereocenters. The lowest BCUT2D eigenvalue weighted by atomic mass is 10.0. The van der Waals surface area contributed by atoms with Gasteiger partial charge < -0.3 is 30.1 Å². The van der Waals surface area contributed by atoms with Crippen molar-refractivity contribution in [3.05, 3.63) is 35.9 Å². The first-order chi connectivity index (χ1) is 21.2. The Bertz CT molecular complexity index is 1240. The largest absolute Gasteiger partial charge is 0.452 e. The van der Waals surface area contributed by atoms with E-state index < -0.39 is 65.8 Å². The number of hydrogen-bond donors (Lipinski definition) is 2. The van der Waals surface area contributed by atoms with E-state index in [1.165, 1.54) is 28.8 Å². The van der Waals surface area contributed by atoms with Crippen LogP contribution in [0.1, 0.15) is 65.9 Å². The molecule has 2 aliphatic rings. The highest BCUT2D eigenvalue weighted by Gasteiger charge is 2.41. The van der Waals surface area contributed by atoms with E-state index in [1.807, 2.05) is 44.2 Å². The van der Waals surface area contributed by atoms with Gasteiger partial charge in [-0.3, -0.25) is 28.8 Å². The molecule has 5 amide bonds. The molecule has 12 heteroatoms. The van der Waals surface area contributed by atoms with Gasteiger partial charge in [-0.05, 0) is 43.6 Å². The van der Waals surface area contributed by atoms with Crippen LogP contribution >= 0.6 is 0 Å². The van der Waals surface area contributed by atoms with Crippen molar-refractivity contribution in [3.8, 4) is 0 Å². The van der Waals surface area contributed by atoms with Crippen molar-refractivity contribution < 1.29 is 33.5 Å². The van der Waals surface area contributed by atoms with Gasteiger partial charge in [-0.2, -0.15) is 0 Å². The molecule has 2 fully saturated rings. The van der Waals surface area contributed by atoms with Crippen molar-refractivity contribution in [1.29, 1.82) is 0 Å². The maximum absolute atomic E-state index is 14.0. The second-order valence-electron chi connectivity index (χ2n) is 12.9. The van der Waals surface area contributed by atoms with Gasteiger partial charge >= 0.3 is 5.97 Å². The van der Waals surface area contributed by atoms with E-state index in [4.69, 9.17) is 4.74 Å². The Morgan fingerprint density at radius 3 is 2.18 bits per heavy atom. The summed E-state index contributed by atoms with van der Waals surface area (Å²) in [5.74, 6) is -3.23. The molecule has 1 aromatic rings. The summed E-state index contributed by atoms with van der Waals surface area (Å²) in [6.07, 6.45) is 0.132. The van der Waals surface area contributed by atoms with Crippen molar-refractivity contribution in [2.45, 2.75) is 97.0 Å². The minimum Gasteiger partial charge on any atom is -0.452 e. The summed E-state index contributed by atoms with van der Waals surface area (Å²) < 4.78 is 5.64. The van der Waals surface area contributed by atoms with Crippen LogP contribution in [0.4, 0.5) is 0 Å². The highest BCUT2D eigenvalue weighted by atomic mass is 16.5. The van der Waals surface area contributed by atoms with Crippen molar-refractivity contribution in [3.63, 3.8) is 0 Å². The van der Waals surface area contributed by atoms with Gasteiger partial charge in [0, 0.05) is 33.6 Å². The van der Waals surface area contributed by atoms with Crippen LogP contribution < -0.4 is 10.6 Å². The lowest BCUT2D eigenvalue weighted by molar-refractivity contribution is -0.162. The first kappa shape index (κ1) is 35.5. The first-order valence-electron chi connectivity index (χ1n) is 15.9. The van der Waals surface area contributed by atoms with Crippen LogP contribution in [0.2, 0.25) is 0 Å². The minimum atomic E-state index is -1.09. The van der Waals surface area contributed by atoms with Crippen molar-refractivity contribution in [2.75, 3.05) is 27.2 Å². The number of carbonyl (C=O) groups is 6. The van der Waals surface area contributed by atoms with Gasteiger partial charge in [-0.25, -0.2) is 0 Å². The fraction of sp³-hybridized carbons (Fsp3) is 0.636. The summed E-state index contributed by atoms with van der Waals surface area (Å²) in [6.45, 7) is 9.27. The fourth-order valence-corrected chi connectivity index (χ4v) is 6.00. The Kier molecular flexibility index (Phi) is 12.5. The van der Waals surface area contributed by atoms with Crippen molar-refractivity contribution in [2.24, 2.45) is 11.8 Å². The predicted molar refractivity (Wildman–Crippen MR) is 167 cm³/mol. The topological polar surface area (TPSA) is 145 Å². The molecule has 0 saturated carbocycles. The standard InChI is InChI=1S/C33H49N5O7/c1-20(2)18-26-33(44)38-17-11-14-25(38)29(40)35-24(19-23-12-9-8-10-13-23)32(43)36(6)22(5)31(42)37(7)28(21(3)4)30(41)34-16-15-27(39)45-26/h8-10,12-13,20-22,24-26,28H,11,14-19H2,1-7H3,(H,34,41)(H,35,40)/t22-,24-,25-,26-,28-/m0/s1. The Labute approximate surface area is 266 Å². The minimum absolute atomic E-state index is 0.0215. The van der Waals surface area contributed by atoms with Gasteiger partial charge in [-0.15, -0.1) is 0 Å². The lowest BCUT2D eigenvalue weighted by Gasteiger charge is -2.35. The molecule has 2 N–H and O–H groups in total. The number of likely N-dealkylation sites (N-methyl/N-ethyl adjacent to an activating group) is 2. The predicted octanol–water partition coefficient (Wildman–Crippen LogP) is 1.51. The van der Waals surface area contributed by atoms with Gasteiger partial charge in [0.15, 0.2) is 6.10 Å². The second-order valence-corrected chi connectivity index (χ2v) is 12.9. The van der Waals surface area contributed by atoms with Gasteiger partial charge in [0.05, 0.1) is 6.42 Å². The number of amides is 5. The molecular formula is C33H49N5O7. The average Bonchev–Trinajstić information content (AvgIpc) is 3.48. The quantitative estimate of drug-likeness (QED) is 0.471. The van der Waals surface area contributed by atoms with E-state index >= 15 is 0 Å². The molecule has 0 aliphatic carbocycles. The molecule has 1 aromatic carbocycles. The second kappa shape index (κ2) is 15.9. The van der Waals surface area contributed by atoms with Gasteiger partial charge in [-0.1, -0.05) is 58.0 Å². The van der Waals surface area contributed by atoms with E-state index in [2.05, 4.69) is 10.6 Å². The van der Waals surface area contributed by atoms with Crippen LogP contribution in [0, 0.1) is 11.8 Å². The van der Waals surface area contributed by atoms with E-state index in [1.54, 1.807) is 20.8 Å². The molecule has 2 heterocycles. The highest BCUT2D eigenvalue weighted by molar-refractivity contribution is 5.96. The third-order valence-corrected chi connectivity index (χ3v) is 8.55. The van der Waals surface area contributed by atoms with Crippen LogP contribution in [0.5, 0.6) is 0 Å². The number of cyclic esters (lactones) is 1. The van der Waals surface area contributed by atoms with Crippen molar-refractivity contribution >= 4 is 35.5 Å². The van der Waals surface area contributed by atoms with Gasteiger partial charge in [0.1, 0.15) is 24.2 Å². The molecule has 2 saturated heterocycles. The summed E-state index contributed by atoms with van der Waals surface area (Å²) >= 11 is 0.